The number of thioether (sulfide) groups is 1. The van der Waals surface area contributed by atoms with E-state index in [0.717, 1.165) is 32.6 Å². The number of thiazole rings is 1. The molecule has 4 aromatic rings. The van der Waals surface area contributed by atoms with Crippen molar-refractivity contribution in [3.8, 4) is 26.9 Å². The van der Waals surface area contributed by atoms with Gasteiger partial charge in [0.05, 0.1) is 29.0 Å². The molecule has 2 aromatic carbocycles. The predicted octanol–water partition coefficient (Wildman–Crippen LogP) is 5.97. The van der Waals surface area contributed by atoms with E-state index in [9.17, 15) is 4.79 Å². The number of nitrogens with zero attached hydrogens (tertiary/aromatic N) is 3. The Morgan fingerprint density at radius 1 is 1.12 bits per heavy atom. The fraction of sp³-hybridized carbons (Fsp3) is 0.130. The highest BCUT2D eigenvalue weighted by Gasteiger charge is 2.16. The van der Waals surface area contributed by atoms with E-state index < -0.39 is 0 Å². The molecule has 32 heavy (non-hydrogen) atoms. The molecule has 0 fully saturated rings. The fourth-order valence-corrected chi connectivity index (χ4v) is 4.86. The summed E-state index contributed by atoms with van der Waals surface area (Å²) in [5.74, 6) is 0.863. The van der Waals surface area contributed by atoms with Crippen LogP contribution in [-0.4, -0.2) is 34.0 Å². The highest BCUT2D eigenvalue weighted by Crippen LogP contribution is 2.38. The normalized spacial score (nSPS) is 10.7. The van der Waals surface area contributed by atoms with Gasteiger partial charge in [-0.1, -0.05) is 41.6 Å². The van der Waals surface area contributed by atoms with Crippen LogP contribution < -0.4 is 10.1 Å². The lowest BCUT2D eigenvalue weighted by Crippen LogP contribution is -2.14. The number of methoxy groups -OCH3 is 1. The Morgan fingerprint density at radius 2 is 1.97 bits per heavy atom. The maximum Gasteiger partial charge on any atom is 0.234 e. The number of para-hydroxylation sites is 1. The summed E-state index contributed by atoms with van der Waals surface area (Å²) < 4.78 is 5.46. The SMILES string of the molecule is COc1ccccc1-c1nc(C)c(-c2ccc(SCC(=O)Nc3cccc(Cl)c3)nn2)s1. The number of hydrogen-bond acceptors (Lipinski definition) is 7. The van der Waals surface area contributed by atoms with Gasteiger partial charge >= 0.3 is 0 Å². The average Bonchev–Trinajstić information content (AvgIpc) is 3.19. The molecule has 162 valence electrons. The molecule has 0 saturated carbocycles. The zero-order valence-corrected chi connectivity index (χ0v) is 19.7. The average molecular weight is 483 g/mol. The monoisotopic (exact) mass is 482 g/mol. The lowest BCUT2D eigenvalue weighted by atomic mass is 10.2. The number of carbonyl (C=O) groups excluding carboxylic acids is 1. The van der Waals surface area contributed by atoms with Gasteiger partial charge in [-0.3, -0.25) is 4.79 Å². The number of nitrogens with one attached hydrogen (secondary N) is 1. The quantitative estimate of drug-likeness (QED) is 0.327. The minimum atomic E-state index is -0.136. The number of amides is 1. The van der Waals surface area contributed by atoms with Gasteiger partial charge in [-0.25, -0.2) is 4.98 Å². The van der Waals surface area contributed by atoms with Crippen molar-refractivity contribution in [3.63, 3.8) is 0 Å². The van der Waals surface area contributed by atoms with E-state index in [-0.39, 0.29) is 11.7 Å². The molecule has 1 N–H and O–H groups in total. The van der Waals surface area contributed by atoms with Crippen molar-refractivity contribution in [1.29, 1.82) is 0 Å². The molecule has 0 spiro atoms. The van der Waals surface area contributed by atoms with E-state index >= 15 is 0 Å². The highest BCUT2D eigenvalue weighted by molar-refractivity contribution is 7.99. The molecule has 4 rings (SSSR count). The van der Waals surface area contributed by atoms with Gasteiger partial charge in [-0.15, -0.1) is 21.5 Å². The first kappa shape index (κ1) is 22.3. The van der Waals surface area contributed by atoms with Gasteiger partial charge in [-0.05, 0) is 49.4 Å². The second kappa shape index (κ2) is 10.1. The Hall–Kier alpha value is -2.94. The summed E-state index contributed by atoms with van der Waals surface area (Å²) in [6.07, 6.45) is 0. The number of ether oxygens (including phenoxy) is 1. The summed E-state index contributed by atoms with van der Waals surface area (Å²) in [4.78, 5) is 17.8. The van der Waals surface area contributed by atoms with Gasteiger partial charge in [0, 0.05) is 10.7 Å². The Kier molecular flexibility index (Phi) is 7.04. The van der Waals surface area contributed by atoms with Crippen molar-refractivity contribution >= 4 is 46.3 Å². The zero-order valence-electron chi connectivity index (χ0n) is 17.3. The van der Waals surface area contributed by atoms with Crippen LogP contribution in [0, 0.1) is 6.92 Å². The highest BCUT2D eigenvalue weighted by atomic mass is 35.5. The standard InChI is InChI=1S/C23H19ClN4O2S2/c1-14-22(32-23(25-14)17-8-3-4-9-19(17)30-2)18-10-11-21(28-27-18)31-13-20(29)26-16-7-5-6-15(24)12-16/h3-12H,13H2,1-2H3,(H,26,29). The van der Waals surface area contributed by atoms with E-state index in [0.29, 0.717) is 15.7 Å². The minimum Gasteiger partial charge on any atom is -0.496 e. The number of rotatable bonds is 7. The first-order chi connectivity index (χ1) is 15.5. The van der Waals surface area contributed by atoms with Crippen LogP contribution in [0.5, 0.6) is 5.75 Å². The van der Waals surface area contributed by atoms with Crippen LogP contribution in [-0.2, 0) is 4.79 Å². The Balaban J connectivity index is 1.43. The number of anilines is 1. The van der Waals surface area contributed by atoms with Gasteiger partial charge in [-0.2, -0.15) is 0 Å². The molecule has 6 nitrogen and oxygen atoms in total. The van der Waals surface area contributed by atoms with Crippen LogP contribution in [0.2, 0.25) is 5.02 Å². The molecule has 1 amide bonds. The van der Waals surface area contributed by atoms with E-state index in [1.54, 1.807) is 42.7 Å². The maximum absolute atomic E-state index is 12.2. The van der Waals surface area contributed by atoms with E-state index in [4.69, 9.17) is 21.3 Å². The fourth-order valence-electron chi connectivity index (χ4n) is 2.99. The van der Waals surface area contributed by atoms with Gasteiger partial charge in [0.25, 0.3) is 0 Å². The van der Waals surface area contributed by atoms with Crippen molar-refractivity contribution in [2.75, 3.05) is 18.2 Å². The third kappa shape index (κ3) is 5.27. The third-order valence-electron chi connectivity index (χ3n) is 4.47. The van der Waals surface area contributed by atoms with Gasteiger partial charge < -0.3 is 10.1 Å². The number of aryl methyl sites for hydroxylation is 1. The van der Waals surface area contributed by atoms with Crippen molar-refractivity contribution in [2.45, 2.75) is 11.9 Å². The summed E-state index contributed by atoms with van der Waals surface area (Å²) in [5.41, 5.74) is 3.23. The van der Waals surface area contributed by atoms with Gasteiger partial charge in [0.1, 0.15) is 21.5 Å². The Bertz CT molecular complexity index is 1240. The largest absolute Gasteiger partial charge is 0.496 e. The minimum absolute atomic E-state index is 0.136. The maximum atomic E-state index is 12.2. The summed E-state index contributed by atoms with van der Waals surface area (Å²) in [7, 11) is 1.65. The van der Waals surface area contributed by atoms with Crippen molar-refractivity contribution in [3.05, 3.63) is 71.4 Å². The summed E-state index contributed by atoms with van der Waals surface area (Å²) in [6.45, 7) is 1.95. The molecule has 2 aromatic heterocycles. The number of halogens is 1. The van der Waals surface area contributed by atoms with Crippen LogP contribution in [0.1, 0.15) is 5.69 Å². The summed E-state index contributed by atoms with van der Waals surface area (Å²) >= 11 is 8.81. The topological polar surface area (TPSA) is 77.0 Å². The lowest BCUT2D eigenvalue weighted by Gasteiger charge is -2.05. The molecule has 0 bridgehead atoms. The van der Waals surface area contributed by atoms with Crippen molar-refractivity contribution in [1.82, 2.24) is 15.2 Å². The first-order valence-corrected chi connectivity index (χ1v) is 11.8. The van der Waals surface area contributed by atoms with E-state index in [1.807, 2.05) is 43.3 Å². The molecule has 0 saturated heterocycles. The molecule has 0 aliphatic rings. The number of carbonyl (C=O) groups is 1. The van der Waals surface area contributed by atoms with Crippen molar-refractivity contribution < 1.29 is 9.53 Å². The zero-order chi connectivity index (χ0) is 22.5. The smallest absolute Gasteiger partial charge is 0.234 e. The number of benzene rings is 2. The molecular formula is C23H19ClN4O2S2. The number of aromatic nitrogens is 3. The molecule has 0 atom stereocenters. The Morgan fingerprint density at radius 3 is 2.72 bits per heavy atom. The molecule has 0 unspecified atom stereocenters. The van der Waals surface area contributed by atoms with Crippen LogP contribution in [0.15, 0.2) is 65.7 Å². The van der Waals surface area contributed by atoms with E-state index in [2.05, 4.69) is 15.5 Å². The van der Waals surface area contributed by atoms with Gasteiger partial charge in [0.2, 0.25) is 5.91 Å². The molecule has 9 heteroatoms. The molecule has 0 aliphatic carbocycles. The lowest BCUT2D eigenvalue weighted by molar-refractivity contribution is -0.113. The Labute approximate surface area is 199 Å². The molecule has 0 radical (unpaired) electrons. The molecular weight excluding hydrogens is 464 g/mol. The van der Waals surface area contributed by atoms with Crippen LogP contribution >= 0.6 is 34.7 Å². The van der Waals surface area contributed by atoms with Crippen molar-refractivity contribution in [2.24, 2.45) is 0 Å². The second-order valence-corrected chi connectivity index (χ2v) is 9.17. The predicted molar refractivity (Wildman–Crippen MR) is 131 cm³/mol. The summed E-state index contributed by atoms with van der Waals surface area (Å²) in [6, 6.07) is 18.6. The van der Waals surface area contributed by atoms with Crippen LogP contribution in [0.3, 0.4) is 0 Å². The molecule has 0 aliphatic heterocycles. The van der Waals surface area contributed by atoms with Gasteiger partial charge in [0.15, 0.2) is 0 Å². The molecule has 2 heterocycles. The third-order valence-corrected chi connectivity index (χ3v) is 6.83. The van der Waals surface area contributed by atoms with Crippen LogP contribution in [0.25, 0.3) is 21.1 Å². The van der Waals surface area contributed by atoms with Crippen LogP contribution in [0.4, 0.5) is 5.69 Å². The number of hydrogen-bond donors (Lipinski definition) is 1. The van der Waals surface area contributed by atoms with E-state index in [1.165, 1.54) is 11.8 Å². The summed E-state index contributed by atoms with van der Waals surface area (Å²) in [5, 5.41) is 13.5. The second-order valence-electron chi connectivity index (χ2n) is 6.74. The first-order valence-electron chi connectivity index (χ1n) is 9.66.